The second-order valence-electron chi connectivity index (χ2n) is 13.9. The van der Waals surface area contributed by atoms with Crippen molar-refractivity contribution >= 4 is 53.0 Å². The molecule has 7 amide bonds. The molecule has 15 heteroatoms. The number of rotatable bonds is 21. The number of nitrogens with two attached hydrogens (primary N) is 1. The number of alkyl carbamates (subject to hydrolysis) is 1. The van der Waals surface area contributed by atoms with Gasteiger partial charge in [-0.1, -0.05) is 53.2 Å². The number of benzene rings is 1. The number of hydrogen-bond donors (Lipinski definition) is 5. The summed E-state index contributed by atoms with van der Waals surface area (Å²) in [5.41, 5.74) is 5.65. The van der Waals surface area contributed by atoms with Gasteiger partial charge in [-0.15, -0.1) is 0 Å². The summed E-state index contributed by atoms with van der Waals surface area (Å²) in [6.07, 6.45) is 4.01. The fourth-order valence-electron chi connectivity index (χ4n) is 5.05. The lowest BCUT2D eigenvalue weighted by atomic mass is 9.89. The quantitative estimate of drug-likeness (QED) is 0.0932. The Balaban J connectivity index is 1.93. The third-order valence-corrected chi connectivity index (χ3v) is 8.18. The molecule has 15 nitrogen and oxygen atoms in total. The molecule has 0 bridgehead atoms. The number of carbonyl (C=O) groups is 8. The Kier molecular flexibility index (Phi) is 17.0. The van der Waals surface area contributed by atoms with Gasteiger partial charge in [0.1, 0.15) is 6.61 Å². The molecule has 6 N–H and O–H groups in total. The molecule has 2 rings (SSSR count). The van der Waals surface area contributed by atoms with Crippen molar-refractivity contribution in [1.29, 1.82) is 0 Å². The topological polar surface area (TPSA) is 223 Å². The van der Waals surface area contributed by atoms with Gasteiger partial charge >= 0.3 is 12.1 Å². The summed E-state index contributed by atoms with van der Waals surface area (Å²) < 4.78 is 5.17. The molecule has 1 aliphatic rings. The van der Waals surface area contributed by atoms with Crippen molar-refractivity contribution in [2.45, 2.75) is 92.2 Å². The van der Waals surface area contributed by atoms with Crippen LogP contribution in [0.4, 0.5) is 15.3 Å². The molecule has 280 valence electrons. The second-order valence-corrected chi connectivity index (χ2v) is 13.9. The van der Waals surface area contributed by atoms with Crippen LogP contribution in [0.5, 0.6) is 0 Å². The molecule has 0 saturated carbocycles. The van der Waals surface area contributed by atoms with Gasteiger partial charge in [-0.05, 0) is 49.3 Å². The number of amides is 7. The molecule has 0 unspecified atom stereocenters. The van der Waals surface area contributed by atoms with Crippen molar-refractivity contribution in [2.24, 2.45) is 23.0 Å². The molecule has 0 saturated heterocycles. The Morgan fingerprint density at radius 2 is 1.53 bits per heavy atom. The summed E-state index contributed by atoms with van der Waals surface area (Å²) in [5.74, 6) is -2.91. The van der Waals surface area contributed by atoms with E-state index in [1.807, 2.05) is 0 Å². The van der Waals surface area contributed by atoms with E-state index in [1.54, 1.807) is 58.9 Å². The number of unbranched alkanes of at least 4 members (excludes halogenated alkanes) is 2. The summed E-state index contributed by atoms with van der Waals surface area (Å²) in [5, 5.41) is 10.5. The smallest absolute Gasteiger partial charge is 0.407 e. The van der Waals surface area contributed by atoms with Crippen molar-refractivity contribution in [2.75, 3.05) is 25.0 Å². The summed E-state index contributed by atoms with van der Waals surface area (Å²) >= 11 is 0. The third kappa shape index (κ3) is 15.6. The molecule has 0 radical (unpaired) electrons. The van der Waals surface area contributed by atoms with Crippen LogP contribution < -0.4 is 27.0 Å². The number of ether oxygens (including phenoxy) is 1. The predicted octanol–water partition coefficient (Wildman–Crippen LogP) is 3.12. The highest BCUT2D eigenvalue weighted by Gasteiger charge is 2.30. The first-order chi connectivity index (χ1) is 24.0. The SMILES string of the molecule is CC(C)[C@H](NC(=O)CCCCCN1C(=O)C=CC1=O)C(=O)C[C@@H](CCCNC(N)=O)C(=O)Nc1ccc(COC(=O)NCC(=O)C(C)(C)C)cc1. The largest absolute Gasteiger partial charge is 0.445 e. The highest BCUT2D eigenvalue weighted by molar-refractivity contribution is 6.12. The number of nitrogens with one attached hydrogen (secondary N) is 4. The third-order valence-electron chi connectivity index (χ3n) is 8.18. The summed E-state index contributed by atoms with van der Waals surface area (Å²) in [6.45, 7) is 9.14. The molecule has 1 aromatic carbocycles. The van der Waals surface area contributed by atoms with E-state index in [-0.39, 0.29) is 80.7 Å². The van der Waals surface area contributed by atoms with E-state index in [9.17, 15) is 38.4 Å². The second kappa shape index (κ2) is 20.6. The Morgan fingerprint density at radius 1 is 0.882 bits per heavy atom. The van der Waals surface area contributed by atoms with Gasteiger partial charge in [-0.3, -0.25) is 33.7 Å². The molecular formula is C36H52N6O9. The number of ketones is 2. The van der Waals surface area contributed by atoms with Crippen molar-refractivity contribution in [3.05, 3.63) is 42.0 Å². The maximum absolute atomic E-state index is 13.5. The highest BCUT2D eigenvalue weighted by atomic mass is 16.5. The molecule has 1 aromatic rings. The van der Waals surface area contributed by atoms with E-state index in [0.717, 1.165) is 4.90 Å². The van der Waals surface area contributed by atoms with Crippen LogP contribution in [-0.2, 0) is 40.1 Å². The monoisotopic (exact) mass is 712 g/mol. The Bertz CT molecular complexity index is 1430. The van der Waals surface area contributed by atoms with E-state index in [0.29, 0.717) is 36.9 Å². The zero-order valence-corrected chi connectivity index (χ0v) is 30.2. The van der Waals surface area contributed by atoms with Crippen LogP contribution in [0.15, 0.2) is 36.4 Å². The van der Waals surface area contributed by atoms with Gasteiger partial charge in [-0.25, -0.2) is 9.59 Å². The standard InChI is InChI=1S/C36H52N6O9/c1-23(2)32(41-29(45)11-7-6-8-19-42-30(46)16-17-31(42)47)27(43)20-25(10-9-18-38-34(37)49)33(48)40-26-14-12-24(13-15-26)22-51-35(50)39-21-28(44)36(3,4)5/h12-17,23,25,32H,6-11,18-22H2,1-5H3,(H,39,50)(H,40,48)(H,41,45)(H3,37,38,49)/t25-,32+/m1/s1. The molecule has 0 spiro atoms. The van der Waals surface area contributed by atoms with Gasteiger partial charge in [0, 0.05) is 55.1 Å². The van der Waals surface area contributed by atoms with Crippen molar-refractivity contribution < 1.29 is 43.1 Å². The summed E-state index contributed by atoms with van der Waals surface area (Å²) in [6, 6.07) is 5.04. The first-order valence-electron chi connectivity index (χ1n) is 17.2. The predicted molar refractivity (Wildman–Crippen MR) is 189 cm³/mol. The molecule has 0 fully saturated rings. The summed E-state index contributed by atoms with van der Waals surface area (Å²) in [4.78, 5) is 99.3. The Morgan fingerprint density at radius 3 is 2.12 bits per heavy atom. The van der Waals surface area contributed by atoms with Crippen LogP contribution in [-0.4, -0.2) is 77.9 Å². The van der Waals surface area contributed by atoms with Crippen LogP contribution in [0.3, 0.4) is 0 Å². The van der Waals surface area contributed by atoms with E-state index < -0.39 is 35.4 Å². The van der Waals surface area contributed by atoms with E-state index >= 15 is 0 Å². The summed E-state index contributed by atoms with van der Waals surface area (Å²) in [7, 11) is 0. The van der Waals surface area contributed by atoms with Gasteiger partial charge in [0.25, 0.3) is 11.8 Å². The molecular weight excluding hydrogens is 660 g/mol. The molecule has 0 aromatic heterocycles. The van der Waals surface area contributed by atoms with Crippen LogP contribution in [0.2, 0.25) is 0 Å². The van der Waals surface area contributed by atoms with E-state index in [2.05, 4.69) is 21.3 Å². The first kappa shape index (κ1) is 42.1. The molecule has 1 aliphatic heterocycles. The van der Waals surface area contributed by atoms with Gasteiger partial charge < -0.3 is 31.7 Å². The minimum atomic E-state index is -0.828. The van der Waals surface area contributed by atoms with Gasteiger partial charge in [0.05, 0.1) is 12.6 Å². The zero-order valence-electron chi connectivity index (χ0n) is 30.2. The fraction of sp³-hybridized carbons (Fsp3) is 0.556. The number of anilines is 1. The average Bonchev–Trinajstić information content (AvgIpc) is 3.38. The van der Waals surface area contributed by atoms with Gasteiger partial charge in [0.2, 0.25) is 11.8 Å². The Labute approximate surface area is 298 Å². The lowest BCUT2D eigenvalue weighted by molar-refractivity contribution is -0.137. The van der Waals surface area contributed by atoms with Crippen LogP contribution in [0, 0.1) is 17.3 Å². The van der Waals surface area contributed by atoms with Crippen molar-refractivity contribution in [3.63, 3.8) is 0 Å². The normalized spacial score (nSPS) is 13.8. The Hall–Kier alpha value is -5.08. The van der Waals surface area contributed by atoms with Crippen LogP contribution in [0.25, 0.3) is 0 Å². The van der Waals surface area contributed by atoms with Crippen molar-refractivity contribution in [3.8, 4) is 0 Å². The number of hydrogen-bond acceptors (Lipinski definition) is 9. The lowest BCUT2D eigenvalue weighted by Crippen LogP contribution is -2.45. The first-order valence-corrected chi connectivity index (χ1v) is 17.2. The number of urea groups is 1. The van der Waals surface area contributed by atoms with Crippen LogP contribution >= 0.6 is 0 Å². The van der Waals surface area contributed by atoms with Crippen LogP contribution in [0.1, 0.15) is 85.1 Å². The molecule has 1 heterocycles. The number of imide groups is 1. The molecule has 51 heavy (non-hydrogen) atoms. The van der Waals surface area contributed by atoms with Crippen molar-refractivity contribution in [1.82, 2.24) is 20.9 Å². The van der Waals surface area contributed by atoms with Gasteiger partial charge in [-0.2, -0.15) is 0 Å². The number of nitrogens with zero attached hydrogens (tertiary/aromatic N) is 1. The molecule has 2 atom stereocenters. The number of primary amides is 1. The molecule has 0 aliphatic carbocycles. The maximum Gasteiger partial charge on any atom is 0.407 e. The average molecular weight is 713 g/mol. The minimum absolute atomic E-state index is 0.0611. The van der Waals surface area contributed by atoms with E-state index in [4.69, 9.17) is 10.5 Å². The number of carbonyl (C=O) groups excluding carboxylic acids is 8. The fourth-order valence-corrected chi connectivity index (χ4v) is 5.05. The van der Waals surface area contributed by atoms with E-state index in [1.165, 1.54) is 12.2 Å². The zero-order chi connectivity index (χ0) is 38.1. The number of Topliss-reactive ketones (excluding diaryl/α,β-unsaturated/α-hetero) is 2. The van der Waals surface area contributed by atoms with Gasteiger partial charge in [0.15, 0.2) is 11.6 Å². The lowest BCUT2D eigenvalue weighted by Gasteiger charge is -2.24. The maximum atomic E-state index is 13.5. The highest BCUT2D eigenvalue weighted by Crippen LogP contribution is 2.20. The minimum Gasteiger partial charge on any atom is -0.445 e.